The summed E-state index contributed by atoms with van der Waals surface area (Å²) in [6, 6.07) is 60.0. The van der Waals surface area contributed by atoms with Gasteiger partial charge in [-0.15, -0.1) is 0 Å². The third kappa shape index (κ3) is 5.68. The fourth-order valence-electron chi connectivity index (χ4n) is 8.51. The molecule has 1 N–H and O–H groups in total. The molecule has 1 aromatic heterocycles. The van der Waals surface area contributed by atoms with E-state index in [2.05, 4.69) is 198 Å². The lowest BCUT2D eigenvalue weighted by Crippen LogP contribution is -2.12. The van der Waals surface area contributed by atoms with Gasteiger partial charge in [0, 0.05) is 39.5 Å². The minimum atomic E-state index is 0.730. The molecule has 54 heavy (non-hydrogen) atoms. The number of aromatic nitrogens is 1. The molecule has 0 bridgehead atoms. The Bertz CT molecular complexity index is 2940. The Hall–Kier alpha value is -6.64. The first-order valence-electron chi connectivity index (χ1n) is 19.1. The van der Waals surface area contributed by atoms with Crippen molar-refractivity contribution in [3.8, 4) is 16.8 Å². The summed E-state index contributed by atoms with van der Waals surface area (Å²) >= 11 is 0. The average Bonchev–Trinajstić information content (AvgIpc) is 3.60. The highest BCUT2D eigenvalue weighted by Gasteiger charge is 2.20. The molecule has 1 aliphatic carbocycles. The van der Waals surface area contributed by atoms with Gasteiger partial charge in [0.15, 0.2) is 0 Å². The zero-order valence-corrected chi connectivity index (χ0v) is 30.2. The van der Waals surface area contributed by atoms with Gasteiger partial charge >= 0.3 is 0 Å². The maximum absolute atomic E-state index is 3.85. The minimum Gasteiger partial charge on any atom is -0.381 e. The summed E-state index contributed by atoms with van der Waals surface area (Å²) in [7, 11) is 0. The van der Waals surface area contributed by atoms with E-state index < -0.39 is 0 Å². The van der Waals surface area contributed by atoms with Crippen LogP contribution in [0.5, 0.6) is 0 Å². The minimum absolute atomic E-state index is 0.730. The van der Waals surface area contributed by atoms with Crippen molar-refractivity contribution in [3.63, 3.8) is 0 Å². The Labute approximate surface area is 316 Å². The molecule has 1 heterocycles. The van der Waals surface area contributed by atoms with Crippen molar-refractivity contribution < 1.29 is 0 Å². The van der Waals surface area contributed by atoms with Crippen LogP contribution < -0.4 is 5.32 Å². The van der Waals surface area contributed by atoms with Gasteiger partial charge in [-0.05, 0) is 87.3 Å². The smallest absolute Gasteiger partial charge is 0.0626 e. The number of fused-ring (bicyclic) bond motifs is 10. The average molecular weight is 693 g/mol. The number of benzene rings is 8. The number of hydrogen-bond donors (Lipinski definition) is 1. The number of nitrogens with one attached hydrogen (secondary N) is 1. The van der Waals surface area contributed by atoms with Crippen LogP contribution in [0.4, 0.5) is 0 Å². The van der Waals surface area contributed by atoms with Crippen molar-refractivity contribution in [2.24, 2.45) is 0 Å². The maximum atomic E-state index is 3.85. The van der Waals surface area contributed by atoms with Crippen molar-refractivity contribution in [1.29, 1.82) is 0 Å². The summed E-state index contributed by atoms with van der Waals surface area (Å²) in [6.45, 7) is 0.730. The molecule has 0 saturated heterocycles. The predicted octanol–water partition coefficient (Wildman–Crippen LogP) is 13.7. The fourth-order valence-corrected chi connectivity index (χ4v) is 8.51. The topological polar surface area (TPSA) is 17.0 Å². The lowest BCUT2D eigenvalue weighted by molar-refractivity contribution is 0.877. The molecular weight excluding hydrogens is 653 g/mol. The van der Waals surface area contributed by atoms with Gasteiger partial charge in [0.2, 0.25) is 0 Å². The van der Waals surface area contributed by atoms with Crippen LogP contribution in [0, 0.1) is 0 Å². The molecule has 2 nitrogen and oxygen atoms in total. The highest BCUT2D eigenvalue weighted by atomic mass is 15.0. The Morgan fingerprint density at radius 1 is 0.593 bits per heavy atom. The number of rotatable bonds is 8. The summed E-state index contributed by atoms with van der Waals surface area (Å²) in [5, 5.41) is 14.2. The molecule has 0 radical (unpaired) electrons. The van der Waals surface area contributed by atoms with Crippen LogP contribution in [0.3, 0.4) is 0 Å². The molecule has 0 unspecified atom stereocenters. The largest absolute Gasteiger partial charge is 0.381 e. The van der Waals surface area contributed by atoms with Crippen LogP contribution in [0.2, 0.25) is 0 Å². The Morgan fingerprint density at radius 2 is 1.33 bits per heavy atom. The van der Waals surface area contributed by atoms with Gasteiger partial charge in [-0.3, -0.25) is 0 Å². The zero-order chi connectivity index (χ0) is 35.8. The summed E-state index contributed by atoms with van der Waals surface area (Å²) < 4.78 is 2.48. The Morgan fingerprint density at radius 3 is 2.17 bits per heavy atom. The van der Waals surface area contributed by atoms with Gasteiger partial charge in [0.25, 0.3) is 0 Å². The first-order valence-corrected chi connectivity index (χ1v) is 19.1. The number of allylic oxidation sites excluding steroid dienone is 5. The highest BCUT2D eigenvalue weighted by Crippen LogP contribution is 2.44. The molecule has 2 heteroatoms. The van der Waals surface area contributed by atoms with E-state index in [1.165, 1.54) is 93.3 Å². The van der Waals surface area contributed by atoms with Crippen molar-refractivity contribution in [3.05, 3.63) is 205 Å². The lowest BCUT2D eigenvalue weighted by atomic mass is 9.93. The van der Waals surface area contributed by atoms with Crippen LogP contribution in [-0.4, -0.2) is 4.57 Å². The quantitative estimate of drug-likeness (QED) is 0.157. The molecule has 0 aliphatic heterocycles. The van der Waals surface area contributed by atoms with Gasteiger partial charge < -0.3 is 9.88 Å². The third-order valence-electron chi connectivity index (χ3n) is 11.2. The van der Waals surface area contributed by atoms with Crippen molar-refractivity contribution >= 4 is 59.8 Å². The van der Waals surface area contributed by atoms with Crippen LogP contribution in [-0.2, 0) is 6.54 Å². The van der Waals surface area contributed by atoms with Crippen molar-refractivity contribution in [1.82, 2.24) is 9.88 Å². The van der Waals surface area contributed by atoms with Crippen molar-refractivity contribution in [2.75, 3.05) is 0 Å². The molecule has 1 aliphatic rings. The summed E-state index contributed by atoms with van der Waals surface area (Å²) in [5.41, 5.74) is 11.2. The van der Waals surface area contributed by atoms with Crippen LogP contribution in [0.15, 0.2) is 194 Å². The molecule has 258 valence electrons. The molecule has 0 fully saturated rings. The molecule has 9 aromatic rings. The van der Waals surface area contributed by atoms with E-state index in [1.54, 1.807) is 0 Å². The fraction of sp³-hybridized carbons (Fsp3) is 0.0769. The predicted molar refractivity (Wildman–Crippen MR) is 231 cm³/mol. The van der Waals surface area contributed by atoms with Gasteiger partial charge in [0.1, 0.15) is 0 Å². The second-order valence-corrected chi connectivity index (χ2v) is 14.4. The van der Waals surface area contributed by atoms with Gasteiger partial charge in [-0.1, -0.05) is 169 Å². The van der Waals surface area contributed by atoms with E-state index in [-0.39, 0.29) is 0 Å². The molecular formula is C52H40N2. The second-order valence-electron chi connectivity index (χ2n) is 14.4. The summed E-state index contributed by atoms with van der Waals surface area (Å²) in [5.74, 6) is 0. The molecule has 0 atom stereocenters. The first-order chi connectivity index (χ1) is 26.8. The first kappa shape index (κ1) is 32.0. The molecule has 8 aromatic carbocycles. The number of para-hydroxylation sites is 1. The number of nitrogens with zero attached hydrogens (tertiary/aromatic N) is 1. The van der Waals surface area contributed by atoms with Crippen LogP contribution in [0.1, 0.15) is 30.4 Å². The summed E-state index contributed by atoms with van der Waals surface area (Å²) in [4.78, 5) is 0. The Kier molecular flexibility index (Phi) is 8.15. The highest BCUT2D eigenvalue weighted by molar-refractivity contribution is 6.36. The van der Waals surface area contributed by atoms with E-state index in [0.29, 0.717) is 0 Å². The standard InChI is InChI=1S/C52H40N2/c1-3-14-36(15-4-1)28-33-48(41-20-13-19-40(34-41)38-16-5-2-6-17-38)53-35-37-26-30-42(31-27-37)54-49-25-12-11-24-47(49)51-50-43-21-8-7-18-39(43)29-32-45(50)44-22-9-10-23-46(44)52(51)54/h1-3,5-14,16-27,29-34,53H,4,15,28,35H2/b48-33-. The zero-order valence-electron chi connectivity index (χ0n) is 30.2. The monoisotopic (exact) mass is 692 g/mol. The van der Waals surface area contributed by atoms with Crippen LogP contribution >= 0.6 is 0 Å². The molecule has 0 spiro atoms. The van der Waals surface area contributed by atoms with E-state index in [9.17, 15) is 0 Å². The normalized spacial score (nSPS) is 13.3. The maximum Gasteiger partial charge on any atom is 0.0626 e. The van der Waals surface area contributed by atoms with Gasteiger partial charge in [0.05, 0.1) is 11.0 Å². The van der Waals surface area contributed by atoms with Gasteiger partial charge in [-0.25, -0.2) is 0 Å². The lowest BCUT2D eigenvalue weighted by Gasteiger charge is -2.16. The SMILES string of the molecule is C1=CCCC(C/C=C(\NCc2ccc(-n3c4ccccc4c4c5c6ccccc6ccc5c5ccccc5c43)cc2)c2cccc(-c3ccccc3)c2)=C1. The van der Waals surface area contributed by atoms with E-state index >= 15 is 0 Å². The van der Waals surface area contributed by atoms with Gasteiger partial charge in [-0.2, -0.15) is 0 Å². The molecule has 10 rings (SSSR count). The third-order valence-corrected chi connectivity index (χ3v) is 11.2. The second kappa shape index (κ2) is 13.7. The van der Waals surface area contributed by atoms with E-state index in [1.807, 2.05) is 0 Å². The number of hydrogen-bond acceptors (Lipinski definition) is 1. The Balaban J connectivity index is 1.05. The molecule has 0 saturated carbocycles. The van der Waals surface area contributed by atoms with E-state index in [4.69, 9.17) is 0 Å². The van der Waals surface area contributed by atoms with Crippen molar-refractivity contribution in [2.45, 2.75) is 25.8 Å². The van der Waals surface area contributed by atoms with E-state index in [0.717, 1.165) is 25.8 Å². The summed E-state index contributed by atoms with van der Waals surface area (Å²) in [6.07, 6.45) is 12.3. The molecule has 0 amide bonds. The van der Waals surface area contributed by atoms with Crippen LogP contribution in [0.25, 0.3) is 76.6 Å².